The Bertz CT molecular complexity index is 543. The highest BCUT2D eigenvalue weighted by Crippen LogP contribution is 2.18. The molecule has 1 aromatic rings. The van der Waals surface area contributed by atoms with E-state index < -0.39 is 17.5 Å². The molecule has 1 amide bonds. The van der Waals surface area contributed by atoms with E-state index in [-0.39, 0.29) is 0 Å². The summed E-state index contributed by atoms with van der Waals surface area (Å²) in [6.07, 6.45) is 3.09. The lowest BCUT2D eigenvalue weighted by molar-refractivity contribution is -0.148. The third-order valence-corrected chi connectivity index (χ3v) is 2.67. The molecule has 0 aliphatic rings. The van der Waals surface area contributed by atoms with Gasteiger partial charge in [-0.15, -0.1) is 0 Å². The molecule has 0 saturated heterocycles. The summed E-state index contributed by atoms with van der Waals surface area (Å²) in [6.45, 7) is 9.19. The minimum Gasteiger partial charge on any atom is -0.457 e. The number of amides is 1. The van der Waals surface area contributed by atoms with Gasteiger partial charge in [0.1, 0.15) is 5.60 Å². The van der Waals surface area contributed by atoms with E-state index in [2.05, 4.69) is 0 Å². The molecule has 0 radical (unpaired) electrons. The molecule has 0 aliphatic carbocycles. The molecule has 0 atom stereocenters. The van der Waals surface area contributed by atoms with Gasteiger partial charge < -0.3 is 10.5 Å². The molecule has 0 bridgehead atoms. The summed E-state index contributed by atoms with van der Waals surface area (Å²) < 4.78 is 5.20. The highest BCUT2D eigenvalue weighted by molar-refractivity contribution is 5.94. The molecule has 0 fully saturated rings. The zero-order valence-electron chi connectivity index (χ0n) is 12.6. The highest BCUT2D eigenvalue weighted by atomic mass is 16.6. The van der Waals surface area contributed by atoms with Crippen LogP contribution >= 0.6 is 0 Å². The minimum absolute atomic E-state index is 0.393. The summed E-state index contributed by atoms with van der Waals surface area (Å²) in [6, 6.07) is 3.42. The summed E-state index contributed by atoms with van der Waals surface area (Å²) in [5.41, 5.74) is 7.88. The molecule has 0 spiro atoms. The fourth-order valence-electron chi connectivity index (χ4n) is 1.87. The molecule has 0 aliphatic heterocycles. The van der Waals surface area contributed by atoms with E-state index in [0.717, 1.165) is 16.7 Å². The van der Waals surface area contributed by atoms with Crippen molar-refractivity contribution < 1.29 is 14.3 Å². The van der Waals surface area contributed by atoms with E-state index in [0.29, 0.717) is 5.56 Å². The quantitative estimate of drug-likeness (QED) is 0.681. The van der Waals surface area contributed by atoms with Crippen LogP contribution in [0, 0.1) is 13.8 Å². The number of nitrogens with two attached hydrogens (primary N) is 1. The Kier molecular flexibility index (Phi) is 4.71. The minimum atomic E-state index is -0.513. The van der Waals surface area contributed by atoms with Crippen molar-refractivity contribution in [2.45, 2.75) is 40.2 Å². The Labute approximate surface area is 119 Å². The zero-order valence-corrected chi connectivity index (χ0v) is 12.6. The van der Waals surface area contributed by atoms with Gasteiger partial charge in [-0.25, -0.2) is 4.79 Å². The summed E-state index contributed by atoms with van der Waals surface area (Å²) in [7, 11) is 0. The van der Waals surface area contributed by atoms with Crippen molar-refractivity contribution in [3.8, 4) is 0 Å². The van der Waals surface area contributed by atoms with Crippen LogP contribution in [0.1, 0.15) is 47.8 Å². The normalized spacial score (nSPS) is 11.7. The summed E-state index contributed by atoms with van der Waals surface area (Å²) in [4.78, 5) is 22.8. The molecule has 2 N–H and O–H groups in total. The van der Waals surface area contributed by atoms with E-state index in [1.54, 1.807) is 18.2 Å². The second-order valence-electron chi connectivity index (χ2n) is 5.75. The van der Waals surface area contributed by atoms with Gasteiger partial charge >= 0.3 is 5.97 Å². The van der Waals surface area contributed by atoms with E-state index in [4.69, 9.17) is 10.5 Å². The van der Waals surface area contributed by atoms with Crippen LogP contribution in [0.25, 0.3) is 6.08 Å². The molecule has 1 rings (SSSR count). The lowest BCUT2D eigenvalue weighted by Crippen LogP contribution is -2.22. The number of benzene rings is 1. The van der Waals surface area contributed by atoms with Gasteiger partial charge in [0.05, 0.1) is 0 Å². The molecule has 0 heterocycles. The first kappa shape index (κ1) is 16.0. The predicted octanol–water partition coefficient (Wildman–Crippen LogP) is 2.76. The first-order valence-corrected chi connectivity index (χ1v) is 6.42. The van der Waals surface area contributed by atoms with Gasteiger partial charge in [0, 0.05) is 11.6 Å². The lowest BCUT2D eigenvalue weighted by atomic mass is 9.98. The van der Waals surface area contributed by atoms with Gasteiger partial charge in [0.25, 0.3) is 0 Å². The van der Waals surface area contributed by atoms with Crippen molar-refractivity contribution in [1.29, 1.82) is 0 Å². The molecule has 1 aromatic carbocycles. The molecule has 108 valence electrons. The largest absolute Gasteiger partial charge is 0.457 e. The van der Waals surface area contributed by atoms with Crippen LogP contribution in [-0.4, -0.2) is 17.5 Å². The van der Waals surface area contributed by atoms with Crippen LogP contribution in [0.5, 0.6) is 0 Å². The van der Waals surface area contributed by atoms with Crippen LogP contribution in [-0.2, 0) is 9.53 Å². The van der Waals surface area contributed by atoms with Gasteiger partial charge in [-0.3, -0.25) is 4.79 Å². The molecule has 0 unspecified atom stereocenters. The molecule has 0 aromatic heterocycles. The second kappa shape index (κ2) is 5.90. The van der Waals surface area contributed by atoms with Crippen molar-refractivity contribution in [3.63, 3.8) is 0 Å². The lowest BCUT2D eigenvalue weighted by Gasteiger charge is -2.18. The monoisotopic (exact) mass is 275 g/mol. The van der Waals surface area contributed by atoms with E-state index in [9.17, 15) is 9.59 Å². The molecule has 0 saturated carbocycles. The van der Waals surface area contributed by atoms with Crippen LogP contribution in [0.2, 0.25) is 0 Å². The van der Waals surface area contributed by atoms with Crippen LogP contribution in [0.4, 0.5) is 0 Å². The Hall–Kier alpha value is -2.10. The van der Waals surface area contributed by atoms with Crippen molar-refractivity contribution in [2.24, 2.45) is 5.73 Å². The van der Waals surface area contributed by atoms with Crippen molar-refractivity contribution in [1.82, 2.24) is 0 Å². The smallest absolute Gasteiger partial charge is 0.331 e. The first-order chi connectivity index (χ1) is 9.10. The van der Waals surface area contributed by atoms with Crippen LogP contribution in [0.3, 0.4) is 0 Å². The van der Waals surface area contributed by atoms with Crippen molar-refractivity contribution >= 4 is 18.0 Å². The number of esters is 1. The maximum Gasteiger partial charge on any atom is 0.331 e. The maximum atomic E-state index is 11.6. The number of hydrogen-bond acceptors (Lipinski definition) is 3. The van der Waals surface area contributed by atoms with Crippen molar-refractivity contribution in [2.75, 3.05) is 0 Å². The number of ether oxygens (including phenoxy) is 1. The SMILES string of the molecule is Cc1cc(C(N)=O)cc(C)c1/C=C/C(=O)OC(C)(C)C. The highest BCUT2D eigenvalue weighted by Gasteiger charge is 2.14. The predicted molar refractivity (Wildman–Crippen MR) is 79.3 cm³/mol. The van der Waals surface area contributed by atoms with Gasteiger partial charge in [0.15, 0.2) is 0 Å². The number of aryl methyl sites for hydroxylation is 2. The van der Waals surface area contributed by atoms with Crippen LogP contribution < -0.4 is 5.73 Å². The molecule has 4 heteroatoms. The Morgan fingerprint density at radius 3 is 2.05 bits per heavy atom. The first-order valence-electron chi connectivity index (χ1n) is 6.42. The van der Waals surface area contributed by atoms with Gasteiger partial charge in [0.2, 0.25) is 5.91 Å². The molecule has 20 heavy (non-hydrogen) atoms. The Morgan fingerprint density at radius 1 is 1.15 bits per heavy atom. The average molecular weight is 275 g/mol. The molecular weight excluding hydrogens is 254 g/mol. The summed E-state index contributed by atoms with van der Waals surface area (Å²) in [5, 5.41) is 0. The van der Waals surface area contributed by atoms with E-state index in [1.807, 2.05) is 34.6 Å². The molecule has 4 nitrogen and oxygen atoms in total. The summed E-state index contributed by atoms with van der Waals surface area (Å²) in [5.74, 6) is -0.853. The third-order valence-electron chi connectivity index (χ3n) is 2.67. The van der Waals surface area contributed by atoms with Gasteiger partial charge in [-0.1, -0.05) is 0 Å². The zero-order chi connectivity index (χ0) is 15.5. The summed E-state index contributed by atoms with van der Waals surface area (Å²) >= 11 is 0. The third kappa shape index (κ3) is 4.53. The van der Waals surface area contributed by atoms with Gasteiger partial charge in [-0.05, 0) is 69.5 Å². The van der Waals surface area contributed by atoms with E-state index >= 15 is 0 Å². The fraction of sp³-hybridized carbons (Fsp3) is 0.375. The number of rotatable bonds is 3. The average Bonchev–Trinajstić information content (AvgIpc) is 2.24. The second-order valence-corrected chi connectivity index (χ2v) is 5.75. The number of hydrogen-bond donors (Lipinski definition) is 1. The van der Waals surface area contributed by atoms with Crippen molar-refractivity contribution in [3.05, 3.63) is 40.5 Å². The van der Waals surface area contributed by atoms with Crippen LogP contribution in [0.15, 0.2) is 18.2 Å². The Balaban J connectivity index is 2.99. The standard InChI is InChI=1S/C16H21NO3/c1-10-8-12(15(17)19)9-11(2)13(10)6-7-14(18)20-16(3,4)5/h6-9H,1-5H3,(H2,17,19)/b7-6+. The Morgan fingerprint density at radius 2 is 1.65 bits per heavy atom. The van der Waals surface area contributed by atoms with E-state index in [1.165, 1.54) is 6.08 Å². The maximum absolute atomic E-state index is 11.6. The number of carbonyl (C=O) groups is 2. The van der Waals surface area contributed by atoms with Gasteiger partial charge in [-0.2, -0.15) is 0 Å². The fourth-order valence-corrected chi connectivity index (χ4v) is 1.87. The number of primary amides is 1. The molecular formula is C16H21NO3. The topological polar surface area (TPSA) is 69.4 Å². The number of carbonyl (C=O) groups excluding carboxylic acids is 2.